The second-order valence-electron chi connectivity index (χ2n) is 6.29. The Kier molecular flexibility index (Phi) is 4.05. The van der Waals surface area contributed by atoms with Crippen molar-refractivity contribution in [3.8, 4) is 0 Å². The van der Waals surface area contributed by atoms with Crippen LogP contribution in [-0.2, 0) is 9.53 Å². The highest BCUT2D eigenvalue weighted by Crippen LogP contribution is 2.29. The van der Waals surface area contributed by atoms with Gasteiger partial charge in [-0.3, -0.25) is 0 Å². The molecule has 1 fully saturated rings. The Balaban J connectivity index is 1.67. The van der Waals surface area contributed by atoms with Crippen molar-refractivity contribution in [1.29, 1.82) is 0 Å². The van der Waals surface area contributed by atoms with Gasteiger partial charge in [-0.1, -0.05) is 48.5 Å². The fourth-order valence-electron chi connectivity index (χ4n) is 3.54. The van der Waals surface area contributed by atoms with Gasteiger partial charge in [0.15, 0.2) is 6.04 Å². The number of H-pyrrole nitrogens is 1. The van der Waals surface area contributed by atoms with Gasteiger partial charge >= 0.3 is 5.97 Å². The Bertz CT molecular complexity index is 841. The Morgan fingerprint density at radius 3 is 2.71 bits per heavy atom. The number of fused-ring (bicyclic) bond motifs is 1. The number of hydrogen-bond donors (Lipinski definition) is 2. The largest absolute Gasteiger partial charge is 0.461 e. The minimum atomic E-state index is -0.0826. The average molecular weight is 321 g/mol. The molecular formula is C20H21N2O2+. The molecule has 4 nitrogen and oxygen atoms in total. The number of hydrogen-bond acceptors (Lipinski definition) is 2. The van der Waals surface area contributed by atoms with E-state index in [1.165, 1.54) is 16.5 Å². The fourth-order valence-corrected chi connectivity index (χ4v) is 3.54. The number of benzene rings is 2. The predicted molar refractivity (Wildman–Crippen MR) is 92.7 cm³/mol. The Hall–Kier alpha value is -2.59. The molecule has 3 N–H and O–H groups in total. The maximum Gasteiger partial charge on any atom is 0.364 e. The minimum absolute atomic E-state index is 0.0681. The summed E-state index contributed by atoms with van der Waals surface area (Å²) in [6.07, 6.45) is 2.90. The fraction of sp³-hybridized carbons (Fsp3) is 0.250. The van der Waals surface area contributed by atoms with Crippen molar-refractivity contribution in [2.45, 2.75) is 18.4 Å². The number of cyclic esters (lactones) is 1. The highest BCUT2D eigenvalue weighted by molar-refractivity contribution is 5.84. The van der Waals surface area contributed by atoms with Crippen LogP contribution in [0.2, 0.25) is 0 Å². The monoisotopic (exact) mass is 321 g/mol. The lowest BCUT2D eigenvalue weighted by Gasteiger charge is -2.17. The summed E-state index contributed by atoms with van der Waals surface area (Å²) in [5, 5.41) is 3.38. The first kappa shape index (κ1) is 15.0. The van der Waals surface area contributed by atoms with E-state index in [1.54, 1.807) is 0 Å². The summed E-state index contributed by atoms with van der Waals surface area (Å²) < 4.78 is 5.09. The van der Waals surface area contributed by atoms with Crippen LogP contribution in [0.5, 0.6) is 0 Å². The standard InChI is InChI=1S/C20H20N2O2/c23-20-19(10-11-24-20)22-12-16(14-6-2-1-3-7-14)17-13-21-18-9-5-4-8-15(17)18/h1-9,13,16,19,21-22H,10-12H2/p+1/t16-,19+/m1/s1. The lowest BCUT2D eigenvalue weighted by Crippen LogP contribution is -2.92. The van der Waals surface area contributed by atoms with Crippen molar-refractivity contribution in [3.05, 3.63) is 71.9 Å². The second kappa shape index (κ2) is 6.49. The normalized spacial score (nSPS) is 18.7. The highest BCUT2D eigenvalue weighted by Gasteiger charge is 2.31. The molecule has 0 amide bonds. The zero-order valence-corrected chi connectivity index (χ0v) is 13.4. The lowest BCUT2D eigenvalue weighted by molar-refractivity contribution is -0.677. The maximum absolute atomic E-state index is 11.8. The van der Waals surface area contributed by atoms with Gasteiger partial charge in [0.25, 0.3) is 0 Å². The number of rotatable bonds is 5. The predicted octanol–water partition coefficient (Wildman–Crippen LogP) is 2.18. The molecule has 0 saturated carbocycles. The summed E-state index contributed by atoms with van der Waals surface area (Å²) in [4.78, 5) is 15.1. The van der Waals surface area contributed by atoms with Crippen molar-refractivity contribution >= 4 is 16.9 Å². The Morgan fingerprint density at radius 2 is 1.92 bits per heavy atom. The van der Waals surface area contributed by atoms with Crippen LogP contribution in [0.1, 0.15) is 23.5 Å². The topological polar surface area (TPSA) is 58.7 Å². The van der Waals surface area contributed by atoms with E-state index >= 15 is 0 Å². The van der Waals surface area contributed by atoms with Gasteiger partial charge < -0.3 is 15.0 Å². The number of aromatic nitrogens is 1. The van der Waals surface area contributed by atoms with E-state index in [-0.39, 0.29) is 17.9 Å². The van der Waals surface area contributed by atoms with Crippen LogP contribution in [0.15, 0.2) is 60.8 Å². The number of carbonyl (C=O) groups excluding carboxylic acids is 1. The van der Waals surface area contributed by atoms with Crippen molar-refractivity contribution in [1.82, 2.24) is 4.98 Å². The molecule has 0 spiro atoms. The molecule has 0 unspecified atom stereocenters. The number of aromatic amines is 1. The van der Waals surface area contributed by atoms with E-state index in [9.17, 15) is 4.79 Å². The molecule has 3 aromatic rings. The van der Waals surface area contributed by atoms with Gasteiger partial charge in [-0.2, -0.15) is 0 Å². The van der Waals surface area contributed by atoms with E-state index in [0.717, 1.165) is 18.5 Å². The van der Waals surface area contributed by atoms with E-state index in [2.05, 4.69) is 59.0 Å². The number of carbonyl (C=O) groups is 1. The molecular weight excluding hydrogens is 300 g/mol. The van der Waals surface area contributed by atoms with Gasteiger partial charge in [0.2, 0.25) is 0 Å². The molecule has 24 heavy (non-hydrogen) atoms. The molecule has 1 aliphatic rings. The Morgan fingerprint density at radius 1 is 1.12 bits per heavy atom. The van der Waals surface area contributed by atoms with Gasteiger partial charge in [0, 0.05) is 23.5 Å². The van der Waals surface area contributed by atoms with E-state index in [4.69, 9.17) is 4.74 Å². The van der Waals surface area contributed by atoms with Gasteiger partial charge in [-0.15, -0.1) is 0 Å². The lowest BCUT2D eigenvalue weighted by atomic mass is 9.90. The first-order valence-electron chi connectivity index (χ1n) is 8.44. The third kappa shape index (κ3) is 2.81. The van der Waals surface area contributed by atoms with Crippen LogP contribution in [0.25, 0.3) is 10.9 Å². The number of para-hydroxylation sites is 1. The van der Waals surface area contributed by atoms with Crippen molar-refractivity contribution in [3.63, 3.8) is 0 Å². The molecule has 1 aromatic heterocycles. The van der Waals surface area contributed by atoms with Crippen LogP contribution in [0, 0.1) is 0 Å². The van der Waals surface area contributed by atoms with Crippen LogP contribution in [0.4, 0.5) is 0 Å². The van der Waals surface area contributed by atoms with Gasteiger partial charge in [0.1, 0.15) is 0 Å². The van der Waals surface area contributed by atoms with Crippen molar-refractivity contribution in [2.75, 3.05) is 13.2 Å². The molecule has 4 heteroatoms. The van der Waals surface area contributed by atoms with E-state index in [1.807, 2.05) is 12.1 Å². The molecule has 4 rings (SSSR count). The summed E-state index contributed by atoms with van der Waals surface area (Å²) in [5.74, 6) is 0.150. The number of esters is 1. The third-order valence-electron chi connectivity index (χ3n) is 4.83. The number of nitrogens with one attached hydrogen (secondary N) is 1. The smallest absolute Gasteiger partial charge is 0.364 e. The van der Waals surface area contributed by atoms with E-state index < -0.39 is 0 Å². The summed E-state index contributed by atoms with van der Waals surface area (Å²) >= 11 is 0. The van der Waals surface area contributed by atoms with Crippen molar-refractivity contribution in [2.24, 2.45) is 0 Å². The SMILES string of the molecule is O=C1OCC[C@@H]1[NH2+]C[C@H](c1ccccc1)c1c[nH]c2ccccc12. The van der Waals surface area contributed by atoms with Crippen LogP contribution >= 0.6 is 0 Å². The first-order chi connectivity index (χ1) is 11.8. The molecule has 1 aliphatic heterocycles. The number of nitrogens with two attached hydrogens (primary N) is 1. The minimum Gasteiger partial charge on any atom is -0.461 e. The molecule has 122 valence electrons. The van der Waals surface area contributed by atoms with Gasteiger partial charge in [-0.05, 0) is 17.2 Å². The van der Waals surface area contributed by atoms with E-state index in [0.29, 0.717) is 6.61 Å². The second-order valence-corrected chi connectivity index (χ2v) is 6.29. The number of ether oxygens (including phenoxy) is 1. The van der Waals surface area contributed by atoms with Crippen LogP contribution in [0.3, 0.4) is 0 Å². The summed E-state index contributed by atoms with van der Waals surface area (Å²) in [7, 11) is 0. The van der Waals surface area contributed by atoms with Crippen LogP contribution in [-0.4, -0.2) is 30.1 Å². The summed E-state index contributed by atoms with van der Waals surface area (Å²) in [6, 6.07) is 18.8. The zero-order valence-electron chi connectivity index (χ0n) is 13.4. The zero-order chi connectivity index (χ0) is 16.4. The highest BCUT2D eigenvalue weighted by atomic mass is 16.5. The first-order valence-corrected chi connectivity index (χ1v) is 8.44. The number of quaternary nitrogens is 1. The maximum atomic E-state index is 11.8. The van der Waals surface area contributed by atoms with Gasteiger partial charge in [-0.25, -0.2) is 4.79 Å². The molecule has 2 aromatic carbocycles. The summed E-state index contributed by atoms with van der Waals surface area (Å²) in [5.41, 5.74) is 3.69. The molecule has 2 heterocycles. The van der Waals surface area contributed by atoms with Crippen molar-refractivity contribution < 1.29 is 14.8 Å². The third-order valence-corrected chi connectivity index (χ3v) is 4.83. The molecule has 0 bridgehead atoms. The van der Waals surface area contributed by atoms with Crippen LogP contribution < -0.4 is 5.32 Å². The molecule has 0 aliphatic carbocycles. The molecule has 1 saturated heterocycles. The van der Waals surface area contributed by atoms with Gasteiger partial charge in [0.05, 0.1) is 19.1 Å². The quantitative estimate of drug-likeness (QED) is 0.708. The molecule has 2 atom stereocenters. The Labute approximate surface area is 140 Å². The average Bonchev–Trinajstić information content (AvgIpc) is 3.23. The summed E-state index contributed by atoms with van der Waals surface area (Å²) in [6.45, 7) is 1.37. The molecule has 0 radical (unpaired) electrons.